The number of halogens is 3. The Bertz CT molecular complexity index is 1210. The van der Waals surface area contributed by atoms with Crippen LogP contribution in [0.4, 0.5) is 13.2 Å². The third-order valence-electron chi connectivity index (χ3n) is 4.05. The molecule has 29 heavy (non-hydrogen) atoms. The summed E-state index contributed by atoms with van der Waals surface area (Å²) in [4.78, 5) is 25.8. The molecule has 0 bridgehead atoms. The molecule has 3 heterocycles. The normalized spacial score (nSPS) is 11.8. The summed E-state index contributed by atoms with van der Waals surface area (Å²) >= 11 is 1.26. The molecule has 11 heteroatoms. The van der Waals surface area contributed by atoms with E-state index in [4.69, 9.17) is 0 Å². The number of imidazole rings is 1. The highest BCUT2D eigenvalue weighted by molar-refractivity contribution is 7.16. The Hall–Kier alpha value is -3.34. The van der Waals surface area contributed by atoms with Crippen molar-refractivity contribution < 1.29 is 18.0 Å². The van der Waals surface area contributed by atoms with E-state index in [1.54, 1.807) is 26.2 Å². The minimum Gasteiger partial charge on any atom is -0.344 e. The Balaban J connectivity index is 1.72. The second-order valence-electron chi connectivity index (χ2n) is 6.30. The van der Waals surface area contributed by atoms with Crippen LogP contribution in [-0.2, 0) is 6.18 Å². The first-order valence-electron chi connectivity index (χ1n) is 8.30. The summed E-state index contributed by atoms with van der Waals surface area (Å²) in [6.45, 7) is 0. The molecule has 0 aliphatic heterocycles. The van der Waals surface area contributed by atoms with Crippen molar-refractivity contribution >= 4 is 23.0 Å². The molecule has 1 aromatic carbocycles. The van der Waals surface area contributed by atoms with Crippen molar-refractivity contribution in [2.45, 2.75) is 6.18 Å². The number of rotatable bonds is 3. The largest absolute Gasteiger partial charge is 0.435 e. The van der Waals surface area contributed by atoms with Crippen LogP contribution in [-0.4, -0.2) is 49.5 Å². The van der Waals surface area contributed by atoms with E-state index >= 15 is 0 Å². The van der Waals surface area contributed by atoms with E-state index in [0.717, 1.165) is 5.56 Å². The number of fused-ring (bicyclic) bond motifs is 1. The number of aromatic nitrogens is 5. The summed E-state index contributed by atoms with van der Waals surface area (Å²) in [7, 11) is 3.33. The maximum atomic E-state index is 12.8. The molecule has 0 fully saturated rings. The molecule has 4 rings (SSSR count). The average Bonchev–Trinajstić information content (AvgIpc) is 3.33. The number of nitrogens with zero attached hydrogens (tertiary/aromatic N) is 6. The summed E-state index contributed by atoms with van der Waals surface area (Å²) in [6.07, 6.45) is -0.986. The highest BCUT2D eigenvalue weighted by Crippen LogP contribution is 2.31. The minimum absolute atomic E-state index is 0.137. The fraction of sp³-hybridized carbons (Fsp3) is 0.167. The molecule has 0 radical (unpaired) electrons. The maximum Gasteiger partial charge on any atom is 0.435 e. The van der Waals surface area contributed by atoms with E-state index in [9.17, 15) is 18.0 Å². The Kier molecular flexibility index (Phi) is 4.53. The van der Waals surface area contributed by atoms with Gasteiger partial charge in [0.05, 0.1) is 24.3 Å². The zero-order valence-electron chi connectivity index (χ0n) is 15.2. The fourth-order valence-corrected chi connectivity index (χ4v) is 3.58. The van der Waals surface area contributed by atoms with Crippen LogP contribution in [0.5, 0.6) is 0 Å². The Morgan fingerprint density at radius 1 is 1.10 bits per heavy atom. The monoisotopic (exact) mass is 418 g/mol. The van der Waals surface area contributed by atoms with Crippen molar-refractivity contribution in [2.24, 2.45) is 0 Å². The molecule has 148 valence electrons. The average molecular weight is 418 g/mol. The molecule has 0 unspecified atom stereocenters. The summed E-state index contributed by atoms with van der Waals surface area (Å²) in [6, 6.07) is 7.22. The van der Waals surface area contributed by atoms with Gasteiger partial charge in [0, 0.05) is 25.2 Å². The third kappa shape index (κ3) is 3.56. The third-order valence-corrected chi connectivity index (χ3v) is 5.09. The van der Waals surface area contributed by atoms with Gasteiger partial charge in [-0.15, -0.1) is 11.3 Å². The predicted molar refractivity (Wildman–Crippen MR) is 100 cm³/mol. The van der Waals surface area contributed by atoms with E-state index in [1.165, 1.54) is 33.1 Å². The Morgan fingerprint density at radius 2 is 1.86 bits per heavy atom. The van der Waals surface area contributed by atoms with E-state index in [1.807, 2.05) is 12.1 Å². The lowest BCUT2D eigenvalue weighted by atomic mass is 10.1. The van der Waals surface area contributed by atoms with Crippen LogP contribution in [0.2, 0.25) is 0 Å². The molecule has 0 spiro atoms. The van der Waals surface area contributed by atoms with Gasteiger partial charge in [-0.05, 0) is 6.07 Å². The van der Waals surface area contributed by atoms with Crippen LogP contribution in [0.1, 0.15) is 15.4 Å². The SMILES string of the molecule is CN(C)C(=O)c1cnc(-c2cccc(-c3cnc4nc(C(F)(F)F)cnn34)c2)s1. The standard InChI is InChI=1S/C18H13F3N6OS/c1-26(2)16(28)13-8-22-15(29-13)11-5-3-4-10(6-11)12-7-23-17-25-14(18(19,20)21)9-24-27(12)17/h3-9H,1-2H3. The van der Waals surface area contributed by atoms with Crippen LogP contribution in [0.3, 0.4) is 0 Å². The van der Waals surface area contributed by atoms with Gasteiger partial charge in [0.25, 0.3) is 11.7 Å². The predicted octanol–water partition coefficient (Wildman–Crippen LogP) is 3.64. The lowest BCUT2D eigenvalue weighted by Gasteiger charge is -2.07. The van der Waals surface area contributed by atoms with Crippen LogP contribution in [0.15, 0.2) is 42.9 Å². The van der Waals surface area contributed by atoms with Crippen molar-refractivity contribution in [1.82, 2.24) is 29.5 Å². The van der Waals surface area contributed by atoms with Gasteiger partial charge in [0.1, 0.15) is 9.88 Å². The number of thiazole rings is 1. The smallest absolute Gasteiger partial charge is 0.344 e. The van der Waals surface area contributed by atoms with Crippen LogP contribution in [0.25, 0.3) is 27.6 Å². The van der Waals surface area contributed by atoms with E-state index < -0.39 is 11.9 Å². The Morgan fingerprint density at radius 3 is 2.59 bits per heavy atom. The molecule has 0 N–H and O–H groups in total. The zero-order valence-corrected chi connectivity index (χ0v) is 16.0. The number of carbonyl (C=O) groups excluding carboxylic acids is 1. The van der Waals surface area contributed by atoms with Gasteiger partial charge >= 0.3 is 6.18 Å². The first-order valence-corrected chi connectivity index (χ1v) is 9.12. The first kappa shape index (κ1) is 19.0. The summed E-state index contributed by atoms with van der Waals surface area (Å²) in [5.74, 6) is -0.282. The van der Waals surface area contributed by atoms with Gasteiger partial charge in [-0.2, -0.15) is 22.8 Å². The number of benzene rings is 1. The molecular formula is C18H13F3N6OS. The maximum absolute atomic E-state index is 12.8. The van der Waals surface area contributed by atoms with Crippen LogP contribution >= 0.6 is 11.3 Å². The second kappa shape index (κ2) is 6.92. The number of hydrogen-bond donors (Lipinski definition) is 0. The molecule has 0 aliphatic rings. The molecule has 0 saturated heterocycles. The van der Waals surface area contributed by atoms with Gasteiger partial charge in [-0.1, -0.05) is 18.2 Å². The van der Waals surface area contributed by atoms with Gasteiger partial charge in [0.15, 0.2) is 5.69 Å². The molecular weight excluding hydrogens is 405 g/mol. The molecule has 1 amide bonds. The summed E-state index contributed by atoms with van der Waals surface area (Å²) in [5, 5.41) is 4.49. The fourth-order valence-electron chi connectivity index (χ4n) is 2.65. The number of carbonyl (C=O) groups is 1. The molecule has 0 aliphatic carbocycles. The molecule has 3 aromatic heterocycles. The van der Waals surface area contributed by atoms with Crippen molar-refractivity contribution in [3.05, 3.63) is 53.4 Å². The molecule has 4 aromatic rings. The molecule has 0 atom stereocenters. The van der Waals surface area contributed by atoms with Crippen molar-refractivity contribution in [1.29, 1.82) is 0 Å². The van der Waals surface area contributed by atoms with Crippen molar-refractivity contribution in [2.75, 3.05) is 14.1 Å². The quantitative estimate of drug-likeness (QED) is 0.508. The lowest BCUT2D eigenvalue weighted by Crippen LogP contribution is -2.20. The highest BCUT2D eigenvalue weighted by Gasteiger charge is 2.33. The highest BCUT2D eigenvalue weighted by atomic mass is 32.1. The van der Waals surface area contributed by atoms with Gasteiger partial charge in [-0.3, -0.25) is 4.79 Å². The zero-order chi connectivity index (χ0) is 20.8. The number of amides is 1. The minimum atomic E-state index is -4.59. The van der Waals surface area contributed by atoms with Gasteiger partial charge < -0.3 is 4.90 Å². The van der Waals surface area contributed by atoms with E-state index in [-0.39, 0.29) is 11.7 Å². The summed E-state index contributed by atoms with van der Waals surface area (Å²) in [5.41, 5.74) is 0.834. The van der Waals surface area contributed by atoms with Crippen molar-refractivity contribution in [3.63, 3.8) is 0 Å². The summed E-state index contributed by atoms with van der Waals surface area (Å²) < 4.78 is 39.7. The van der Waals surface area contributed by atoms with Crippen molar-refractivity contribution in [3.8, 4) is 21.8 Å². The van der Waals surface area contributed by atoms with E-state index in [2.05, 4.69) is 20.1 Å². The topological polar surface area (TPSA) is 76.3 Å². The lowest BCUT2D eigenvalue weighted by molar-refractivity contribution is -0.141. The van der Waals surface area contributed by atoms with Gasteiger partial charge in [-0.25, -0.2) is 15.0 Å². The first-order chi connectivity index (χ1) is 13.7. The number of alkyl halides is 3. The Labute approximate surface area is 166 Å². The van der Waals surface area contributed by atoms with Gasteiger partial charge in [0.2, 0.25) is 0 Å². The second-order valence-corrected chi connectivity index (χ2v) is 7.34. The van der Waals surface area contributed by atoms with Crippen LogP contribution in [0, 0.1) is 0 Å². The molecule has 0 saturated carbocycles. The number of hydrogen-bond acceptors (Lipinski definition) is 6. The molecule has 7 nitrogen and oxygen atoms in total. The van der Waals surface area contributed by atoms with E-state index in [0.29, 0.717) is 27.3 Å². The van der Waals surface area contributed by atoms with Crippen LogP contribution < -0.4 is 0 Å².